The van der Waals surface area contributed by atoms with Crippen LogP contribution in [0.25, 0.3) is 11.1 Å². The molecule has 0 N–H and O–H groups in total. The predicted octanol–water partition coefficient (Wildman–Crippen LogP) is 9.54. The van der Waals surface area contributed by atoms with Gasteiger partial charge in [0, 0.05) is 0 Å². The van der Waals surface area contributed by atoms with Crippen LogP contribution in [-0.4, -0.2) is 5.78 Å². The number of benzene rings is 2. The molecule has 0 heterocycles. The van der Waals surface area contributed by atoms with Gasteiger partial charge in [-0.05, 0) is 104 Å². The number of hydrogen-bond acceptors (Lipinski definition) is 1. The number of carbonyl (C=O) groups is 1. The lowest BCUT2D eigenvalue weighted by Gasteiger charge is -2.42. The maximum atomic E-state index is 14.0. The van der Waals surface area contributed by atoms with Crippen LogP contribution >= 0.6 is 0 Å². The molecule has 1 aliphatic carbocycles. The highest BCUT2D eigenvalue weighted by molar-refractivity contribution is 5.88. The lowest BCUT2D eigenvalue weighted by Crippen LogP contribution is -2.33. The number of ketones is 1. The normalized spacial score (nSPS) is 18.6. The Balaban J connectivity index is 2.04. The maximum absolute atomic E-state index is 14.0. The molecule has 1 unspecified atom stereocenters. The summed E-state index contributed by atoms with van der Waals surface area (Å²) in [6.07, 6.45) is 12.6. The quantitative estimate of drug-likeness (QED) is 0.221. The third-order valence-corrected chi connectivity index (χ3v) is 7.73. The summed E-state index contributed by atoms with van der Waals surface area (Å²) in [5.74, 6) is 0.513. The minimum atomic E-state index is -0.207. The van der Waals surface area contributed by atoms with Crippen LogP contribution in [0.3, 0.4) is 0 Å². The van der Waals surface area contributed by atoms with Crippen molar-refractivity contribution in [2.24, 2.45) is 5.92 Å². The second kappa shape index (κ2) is 12.5. The number of allylic oxidation sites excluding steroid dienone is 3. The Morgan fingerprint density at radius 2 is 1.74 bits per heavy atom. The van der Waals surface area contributed by atoms with Gasteiger partial charge >= 0.3 is 0 Å². The second-order valence-electron chi connectivity index (χ2n) is 10.6. The van der Waals surface area contributed by atoms with Gasteiger partial charge in [-0.3, -0.25) is 4.79 Å². The van der Waals surface area contributed by atoms with Gasteiger partial charge in [0.25, 0.3) is 0 Å². The standard InChI is InChI=1S/C33H43FO/c1-6-10-27(11-7-2)24(4)16-18-33(17-8-3)23-26(19-25(5)35)20-30-15-14-29(22-32(30)33)28-12-9-13-31(34)21-28/h9,12-15,19,21-22,27H,4,6-8,10-11,16-18,20,23H2,1-3,5H3/b26-19-. The lowest BCUT2D eigenvalue weighted by atomic mass is 9.62. The molecule has 2 aromatic carbocycles. The van der Waals surface area contributed by atoms with Crippen LogP contribution in [0, 0.1) is 11.7 Å². The summed E-state index contributed by atoms with van der Waals surface area (Å²) in [7, 11) is 0. The van der Waals surface area contributed by atoms with Crippen LogP contribution in [0.4, 0.5) is 4.39 Å². The molecule has 0 bridgehead atoms. The molecule has 2 heteroatoms. The first-order valence-electron chi connectivity index (χ1n) is 13.6. The van der Waals surface area contributed by atoms with E-state index in [1.807, 2.05) is 12.1 Å². The summed E-state index contributed by atoms with van der Waals surface area (Å²) in [5.41, 5.74) is 7.27. The maximum Gasteiger partial charge on any atom is 0.152 e. The molecule has 3 rings (SSSR count). The summed E-state index contributed by atoms with van der Waals surface area (Å²) in [5, 5.41) is 0. The van der Waals surface area contributed by atoms with E-state index in [9.17, 15) is 9.18 Å². The molecule has 1 nitrogen and oxygen atoms in total. The fourth-order valence-corrected chi connectivity index (χ4v) is 6.20. The van der Waals surface area contributed by atoms with Crippen molar-refractivity contribution in [2.45, 2.75) is 97.3 Å². The average Bonchev–Trinajstić information content (AvgIpc) is 2.82. The van der Waals surface area contributed by atoms with Gasteiger partial charge in [-0.2, -0.15) is 0 Å². The van der Waals surface area contributed by atoms with Gasteiger partial charge in [-0.25, -0.2) is 4.39 Å². The monoisotopic (exact) mass is 474 g/mol. The Morgan fingerprint density at radius 1 is 1.03 bits per heavy atom. The van der Waals surface area contributed by atoms with Crippen molar-refractivity contribution >= 4 is 5.78 Å². The van der Waals surface area contributed by atoms with Crippen LogP contribution in [0.1, 0.15) is 96.6 Å². The Bertz CT molecular complexity index is 1060. The van der Waals surface area contributed by atoms with E-state index in [1.54, 1.807) is 19.1 Å². The molecule has 0 saturated carbocycles. The van der Waals surface area contributed by atoms with Gasteiger partial charge in [0.05, 0.1) is 0 Å². The summed E-state index contributed by atoms with van der Waals surface area (Å²) in [4.78, 5) is 12.0. The van der Waals surface area contributed by atoms with Crippen molar-refractivity contribution in [2.75, 3.05) is 0 Å². The zero-order valence-corrected chi connectivity index (χ0v) is 22.3. The van der Waals surface area contributed by atoms with Crippen LogP contribution in [0.5, 0.6) is 0 Å². The Labute approximate surface area is 212 Å². The summed E-state index contributed by atoms with van der Waals surface area (Å²) >= 11 is 0. The van der Waals surface area contributed by atoms with Crippen molar-refractivity contribution in [1.29, 1.82) is 0 Å². The largest absolute Gasteiger partial charge is 0.295 e. The number of rotatable bonds is 12. The zero-order valence-electron chi connectivity index (χ0n) is 22.3. The van der Waals surface area contributed by atoms with E-state index < -0.39 is 0 Å². The second-order valence-corrected chi connectivity index (χ2v) is 10.6. The molecule has 0 radical (unpaired) electrons. The highest BCUT2D eigenvalue weighted by Gasteiger charge is 2.38. The topological polar surface area (TPSA) is 17.1 Å². The van der Waals surface area contributed by atoms with Crippen molar-refractivity contribution < 1.29 is 9.18 Å². The van der Waals surface area contributed by atoms with E-state index in [0.29, 0.717) is 5.92 Å². The van der Waals surface area contributed by atoms with Crippen LogP contribution in [0.15, 0.2) is 66.3 Å². The molecule has 1 aliphatic rings. The summed E-state index contributed by atoms with van der Waals surface area (Å²) < 4.78 is 14.0. The van der Waals surface area contributed by atoms with E-state index in [-0.39, 0.29) is 17.0 Å². The molecule has 188 valence electrons. The molecule has 1 atom stereocenters. The van der Waals surface area contributed by atoms with Crippen molar-refractivity contribution in [3.05, 3.63) is 83.2 Å². The smallest absolute Gasteiger partial charge is 0.152 e. The third kappa shape index (κ3) is 6.81. The van der Waals surface area contributed by atoms with Gasteiger partial charge < -0.3 is 0 Å². The molecule has 0 saturated heterocycles. The molecule has 0 aliphatic heterocycles. The minimum Gasteiger partial charge on any atom is -0.295 e. The van der Waals surface area contributed by atoms with Crippen LogP contribution < -0.4 is 0 Å². The van der Waals surface area contributed by atoms with Crippen molar-refractivity contribution in [3.8, 4) is 11.1 Å². The van der Waals surface area contributed by atoms with Gasteiger partial charge in [0.1, 0.15) is 5.82 Å². The molecule has 0 amide bonds. The fourth-order valence-electron chi connectivity index (χ4n) is 6.20. The molecule has 0 spiro atoms. The third-order valence-electron chi connectivity index (χ3n) is 7.73. The van der Waals surface area contributed by atoms with Crippen molar-refractivity contribution in [3.63, 3.8) is 0 Å². The van der Waals surface area contributed by atoms with Gasteiger partial charge in [0.2, 0.25) is 0 Å². The van der Waals surface area contributed by atoms with Crippen LogP contribution in [-0.2, 0) is 16.6 Å². The highest BCUT2D eigenvalue weighted by atomic mass is 19.1. The van der Waals surface area contributed by atoms with Gasteiger partial charge in [-0.15, -0.1) is 0 Å². The first kappa shape index (κ1) is 27.1. The summed E-state index contributed by atoms with van der Waals surface area (Å²) in [6.45, 7) is 13.0. The van der Waals surface area contributed by atoms with Gasteiger partial charge in [-0.1, -0.05) is 88.1 Å². The van der Waals surface area contributed by atoms with E-state index in [4.69, 9.17) is 0 Å². The number of hydrogen-bond donors (Lipinski definition) is 0. The lowest BCUT2D eigenvalue weighted by molar-refractivity contribution is -0.112. The Morgan fingerprint density at radius 3 is 2.37 bits per heavy atom. The first-order valence-corrected chi connectivity index (χ1v) is 13.6. The highest BCUT2D eigenvalue weighted by Crippen LogP contribution is 2.48. The molecule has 0 fully saturated rings. The van der Waals surface area contributed by atoms with E-state index >= 15 is 0 Å². The molecular formula is C33H43FO. The molecule has 0 aromatic heterocycles. The molecule has 35 heavy (non-hydrogen) atoms. The Hall–Kier alpha value is -2.48. The SMILES string of the molecule is C=C(CCC1(CCC)C/C(=C\C(C)=O)Cc2ccc(-c3cccc(F)c3)cc21)C(CCC)CCC. The Kier molecular flexibility index (Phi) is 9.66. The molecule has 2 aromatic rings. The van der Waals surface area contributed by atoms with Gasteiger partial charge in [0.15, 0.2) is 5.78 Å². The molecular weight excluding hydrogens is 431 g/mol. The first-order chi connectivity index (χ1) is 16.8. The summed E-state index contributed by atoms with van der Waals surface area (Å²) in [6, 6.07) is 13.5. The number of halogens is 1. The number of carbonyl (C=O) groups excluding carboxylic acids is 1. The van der Waals surface area contributed by atoms with E-state index in [2.05, 4.69) is 45.5 Å². The minimum absolute atomic E-state index is 0.0289. The predicted molar refractivity (Wildman–Crippen MR) is 147 cm³/mol. The zero-order chi connectivity index (χ0) is 25.4. The average molecular weight is 475 g/mol. The van der Waals surface area contributed by atoms with Crippen LogP contribution in [0.2, 0.25) is 0 Å². The van der Waals surface area contributed by atoms with Crippen molar-refractivity contribution in [1.82, 2.24) is 0 Å². The number of fused-ring (bicyclic) bond motifs is 1. The van der Waals surface area contributed by atoms with E-state index in [1.165, 1.54) is 54.0 Å². The fraction of sp³-hybridized carbons (Fsp3) is 0.485. The van der Waals surface area contributed by atoms with E-state index in [0.717, 1.165) is 49.7 Å².